The van der Waals surface area contributed by atoms with Crippen molar-refractivity contribution in [2.45, 2.75) is 32.2 Å². The summed E-state index contributed by atoms with van der Waals surface area (Å²) in [5.41, 5.74) is 0.830. The third-order valence-corrected chi connectivity index (χ3v) is 4.04. The number of piperidine rings is 1. The van der Waals surface area contributed by atoms with Gasteiger partial charge >= 0.3 is 5.97 Å². The number of halogens is 1. The molecular weight excluding hydrogens is 278 g/mol. The number of carboxylic acid groups (broad SMARTS) is 1. The Morgan fingerprint density at radius 2 is 2.25 bits per heavy atom. The molecule has 0 saturated carbocycles. The predicted molar refractivity (Wildman–Crippen MR) is 78.0 cm³/mol. The molecule has 4 nitrogen and oxygen atoms in total. The van der Waals surface area contributed by atoms with Gasteiger partial charge in [-0.25, -0.2) is 0 Å². The molecule has 1 atom stereocenters. The molecule has 0 bridgehead atoms. The Labute approximate surface area is 124 Å². The van der Waals surface area contributed by atoms with Gasteiger partial charge in [0.05, 0.1) is 0 Å². The molecule has 1 saturated heterocycles. The third kappa shape index (κ3) is 4.39. The smallest absolute Gasteiger partial charge is 0.303 e. The van der Waals surface area contributed by atoms with Crippen LogP contribution in [0.3, 0.4) is 0 Å². The zero-order chi connectivity index (χ0) is 14.5. The minimum atomic E-state index is -0.727. The number of benzene rings is 1. The number of hydrogen-bond donors (Lipinski definition) is 2. The van der Waals surface area contributed by atoms with Crippen LogP contribution >= 0.6 is 11.6 Å². The molecule has 0 aromatic heterocycles. The summed E-state index contributed by atoms with van der Waals surface area (Å²) < 4.78 is 0. The van der Waals surface area contributed by atoms with Gasteiger partial charge in [0.15, 0.2) is 0 Å². The lowest BCUT2D eigenvalue weighted by atomic mass is 9.93. The number of hydrogen-bond acceptors (Lipinski definition) is 3. The number of carboxylic acids is 1. The SMILES string of the molecule is O=C(O)CCC1CCCN(Cc2cc(Cl)ccc2O)C1. The molecule has 0 radical (unpaired) electrons. The molecule has 5 heteroatoms. The van der Waals surface area contributed by atoms with Crippen molar-refractivity contribution < 1.29 is 15.0 Å². The molecule has 1 aliphatic heterocycles. The maximum Gasteiger partial charge on any atom is 0.303 e. The van der Waals surface area contributed by atoms with Crippen molar-refractivity contribution in [1.82, 2.24) is 4.90 Å². The lowest BCUT2D eigenvalue weighted by molar-refractivity contribution is -0.137. The van der Waals surface area contributed by atoms with E-state index in [0.717, 1.165) is 37.9 Å². The minimum Gasteiger partial charge on any atom is -0.508 e. The van der Waals surface area contributed by atoms with Crippen molar-refractivity contribution >= 4 is 17.6 Å². The van der Waals surface area contributed by atoms with Crippen LogP contribution in [0.15, 0.2) is 18.2 Å². The summed E-state index contributed by atoms with van der Waals surface area (Å²) in [5.74, 6) is -0.0298. The molecule has 1 aliphatic rings. The van der Waals surface area contributed by atoms with Gasteiger partial charge in [-0.05, 0) is 49.9 Å². The molecule has 1 unspecified atom stereocenters. The molecule has 1 heterocycles. The normalized spacial score (nSPS) is 19.9. The number of nitrogens with zero attached hydrogens (tertiary/aromatic N) is 1. The second kappa shape index (κ2) is 6.95. The lowest BCUT2D eigenvalue weighted by Crippen LogP contribution is -2.35. The van der Waals surface area contributed by atoms with Crippen LogP contribution in [0, 0.1) is 5.92 Å². The molecule has 0 aliphatic carbocycles. The molecule has 110 valence electrons. The van der Waals surface area contributed by atoms with Crippen molar-refractivity contribution in [1.29, 1.82) is 0 Å². The van der Waals surface area contributed by atoms with E-state index in [-0.39, 0.29) is 12.2 Å². The van der Waals surface area contributed by atoms with E-state index >= 15 is 0 Å². The monoisotopic (exact) mass is 297 g/mol. The van der Waals surface area contributed by atoms with E-state index in [1.807, 2.05) is 0 Å². The van der Waals surface area contributed by atoms with E-state index < -0.39 is 5.97 Å². The highest BCUT2D eigenvalue weighted by Crippen LogP contribution is 2.26. The first-order chi connectivity index (χ1) is 9.54. The van der Waals surface area contributed by atoms with E-state index in [9.17, 15) is 9.90 Å². The summed E-state index contributed by atoms with van der Waals surface area (Å²) in [6.45, 7) is 2.53. The summed E-state index contributed by atoms with van der Waals surface area (Å²) in [4.78, 5) is 12.9. The van der Waals surface area contributed by atoms with Crippen LogP contribution in [0.5, 0.6) is 5.75 Å². The highest BCUT2D eigenvalue weighted by Gasteiger charge is 2.21. The Morgan fingerprint density at radius 3 is 3.00 bits per heavy atom. The third-order valence-electron chi connectivity index (χ3n) is 3.81. The van der Waals surface area contributed by atoms with Gasteiger partial charge in [0.2, 0.25) is 0 Å². The first-order valence-electron chi connectivity index (χ1n) is 6.96. The molecule has 20 heavy (non-hydrogen) atoms. The number of aliphatic carboxylic acids is 1. The van der Waals surface area contributed by atoms with Gasteiger partial charge in [0.25, 0.3) is 0 Å². The lowest BCUT2D eigenvalue weighted by Gasteiger charge is -2.32. The van der Waals surface area contributed by atoms with Gasteiger partial charge in [-0.2, -0.15) is 0 Å². The van der Waals surface area contributed by atoms with Gasteiger partial charge in [0, 0.05) is 30.1 Å². The van der Waals surface area contributed by atoms with E-state index in [2.05, 4.69) is 4.90 Å². The quantitative estimate of drug-likeness (QED) is 0.876. The van der Waals surface area contributed by atoms with Crippen molar-refractivity contribution in [3.05, 3.63) is 28.8 Å². The van der Waals surface area contributed by atoms with Gasteiger partial charge in [-0.1, -0.05) is 11.6 Å². The molecule has 2 N–H and O–H groups in total. The Hall–Kier alpha value is -1.26. The topological polar surface area (TPSA) is 60.8 Å². The zero-order valence-electron chi connectivity index (χ0n) is 11.4. The summed E-state index contributed by atoms with van der Waals surface area (Å²) >= 11 is 5.95. The van der Waals surface area contributed by atoms with Crippen LogP contribution in [0.1, 0.15) is 31.2 Å². The van der Waals surface area contributed by atoms with Crippen LogP contribution in [0.25, 0.3) is 0 Å². The van der Waals surface area contributed by atoms with E-state index in [4.69, 9.17) is 16.7 Å². The molecule has 1 aromatic rings. The fourth-order valence-electron chi connectivity index (χ4n) is 2.78. The van der Waals surface area contributed by atoms with Crippen molar-refractivity contribution in [3.8, 4) is 5.75 Å². The van der Waals surface area contributed by atoms with Gasteiger partial charge < -0.3 is 10.2 Å². The second-order valence-corrected chi connectivity index (χ2v) is 5.89. The Kier molecular flexibility index (Phi) is 5.26. The molecule has 2 rings (SSSR count). The standard InChI is InChI=1S/C15H20ClNO3/c16-13-4-5-14(18)12(8-13)10-17-7-1-2-11(9-17)3-6-15(19)20/h4-5,8,11,18H,1-3,6-7,9-10H2,(H,19,20). The first kappa shape index (κ1) is 15.1. The van der Waals surface area contributed by atoms with Gasteiger partial charge in [-0.3, -0.25) is 9.69 Å². The maximum atomic E-state index is 10.6. The number of rotatable bonds is 5. The average molecular weight is 298 g/mol. The fourth-order valence-corrected chi connectivity index (χ4v) is 2.97. The number of aromatic hydroxyl groups is 1. The fraction of sp³-hybridized carbons (Fsp3) is 0.533. The molecule has 0 spiro atoms. The van der Waals surface area contributed by atoms with Crippen LogP contribution in [-0.2, 0) is 11.3 Å². The van der Waals surface area contributed by atoms with Crippen LogP contribution in [-0.4, -0.2) is 34.2 Å². The first-order valence-corrected chi connectivity index (χ1v) is 7.34. The molecular formula is C15H20ClNO3. The minimum absolute atomic E-state index is 0.237. The van der Waals surface area contributed by atoms with Gasteiger partial charge in [0.1, 0.15) is 5.75 Å². The number of likely N-dealkylation sites (tertiary alicyclic amines) is 1. The van der Waals surface area contributed by atoms with Crippen molar-refractivity contribution in [3.63, 3.8) is 0 Å². The summed E-state index contributed by atoms with van der Waals surface area (Å²) in [6, 6.07) is 5.08. The zero-order valence-corrected chi connectivity index (χ0v) is 12.1. The van der Waals surface area contributed by atoms with Gasteiger partial charge in [-0.15, -0.1) is 0 Å². The Bertz CT molecular complexity index is 478. The van der Waals surface area contributed by atoms with Crippen LogP contribution in [0.4, 0.5) is 0 Å². The summed E-state index contributed by atoms with van der Waals surface area (Å²) in [7, 11) is 0. The number of phenolic OH excluding ortho intramolecular Hbond substituents is 1. The molecule has 1 aromatic carbocycles. The number of carbonyl (C=O) groups is 1. The second-order valence-electron chi connectivity index (χ2n) is 5.45. The highest BCUT2D eigenvalue weighted by molar-refractivity contribution is 6.30. The number of phenols is 1. The Balaban J connectivity index is 1.92. The average Bonchev–Trinajstić information content (AvgIpc) is 2.41. The molecule has 1 fully saturated rings. The molecule has 0 amide bonds. The summed E-state index contributed by atoms with van der Waals surface area (Å²) in [6.07, 6.45) is 3.13. The van der Waals surface area contributed by atoms with E-state index in [1.54, 1.807) is 18.2 Å². The summed E-state index contributed by atoms with van der Waals surface area (Å²) in [5, 5.41) is 19.2. The predicted octanol–water partition coefficient (Wildman–Crippen LogP) is 3.12. The Morgan fingerprint density at radius 1 is 1.45 bits per heavy atom. The van der Waals surface area contributed by atoms with Crippen LogP contribution < -0.4 is 0 Å². The highest BCUT2D eigenvalue weighted by atomic mass is 35.5. The van der Waals surface area contributed by atoms with Crippen molar-refractivity contribution in [2.24, 2.45) is 5.92 Å². The van der Waals surface area contributed by atoms with E-state index in [1.165, 1.54) is 0 Å². The largest absolute Gasteiger partial charge is 0.508 e. The maximum absolute atomic E-state index is 10.6. The van der Waals surface area contributed by atoms with E-state index in [0.29, 0.717) is 17.5 Å². The van der Waals surface area contributed by atoms with Crippen LogP contribution in [0.2, 0.25) is 5.02 Å². The van der Waals surface area contributed by atoms with Crippen molar-refractivity contribution in [2.75, 3.05) is 13.1 Å².